The third-order valence-corrected chi connectivity index (χ3v) is 2.33. The van der Waals surface area contributed by atoms with Gasteiger partial charge in [-0.05, 0) is 37.9 Å². The van der Waals surface area contributed by atoms with Gasteiger partial charge in [0, 0.05) is 17.6 Å². The minimum Gasteiger partial charge on any atom is -0.294 e. The van der Waals surface area contributed by atoms with E-state index in [0.29, 0.717) is 0 Å². The van der Waals surface area contributed by atoms with Gasteiger partial charge >= 0.3 is 0 Å². The van der Waals surface area contributed by atoms with Gasteiger partial charge in [-0.1, -0.05) is 0 Å². The lowest BCUT2D eigenvalue weighted by atomic mass is 10.5. The lowest BCUT2D eigenvalue weighted by molar-refractivity contribution is 1.11. The highest BCUT2D eigenvalue weighted by Crippen LogP contribution is 2.12. The monoisotopic (exact) mass is 141 g/mol. The molecule has 0 amide bonds. The average molecular weight is 141 g/mol. The van der Waals surface area contributed by atoms with E-state index in [1.165, 1.54) is 11.4 Å². The first kappa shape index (κ1) is 6.75. The molecule has 0 saturated heterocycles. The van der Waals surface area contributed by atoms with Crippen LogP contribution in [-0.4, -0.2) is 10.2 Å². The van der Waals surface area contributed by atoms with E-state index in [2.05, 4.69) is 36.2 Å². The van der Waals surface area contributed by atoms with Gasteiger partial charge in [0.15, 0.2) is 0 Å². The summed E-state index contributed by atoms with van der Waals surface area (Å²) in [6.07, 6.45) is 2.08. The molecule has 0 unspecified atom stereocenters. The Balaban J connectivity index is 3.07. The second kappa shape index (κ2) is 2.48. The fraction of sp³-hybridized carbons (Fsp3) is 0.429. The summed E-state index contributed by atoms with van der Waals surface area (Å²) in [5.74, 6) is 0. The maximum Gasteiger partial charge on any atom is 0.0265 e. The van der Waals surface area contributed by atoms with Crippen LogP contribution in [0.2, 0.25) is 0 Å². The van der Waals surface area contributed by atoms with Crippen molar-refractivity contribution in [3.8, 4) is 0 Å². The van der Waals surface area contributed by atoms with Crippen LogP contribution in [0.1, 0.15) is 11.4 Å². The van der Waals surface area contributed by atoms with Crippen LogP contribution in [0.5, 0.6) is 0 Å². The molecule has 1 rings (SSSR count). The van der Waals surface area contributed by atoms with E-state index in [4.69, 9.17) is 0 Å². The van der Waals surface area contributed by atoms with Gasteiger partial charge in [0.1, 0.15) is 0 Å². The minimum absolute atomic E-state index is 1.32. The van der Waals surface area contributed by atoms with Crippen LogP contribution in [0.15, 0.2) is 12.1 Å². The van der Waals surface area contributed by atoms with Crippen molar-refractivity contribution in [1.29, 1.82) is 0 Å². The molecular formula is C7H11NS. The summed E-state index contributed by atoms with van der Waals surface area (Å²) in [5, 5.41) is 0. The van der Waals surface area contributed by atoms with Crippen molar-refractivity contribution in [2.24, 2.45) is 0 Å². The van der Waals surface area contributed by atoms with Gasteiger partial charge < -0.3 is 0 Å². The van der Waals surface area contributed by atoms with Crippen LogP contribution in [0.4, 0.5) is 0 Å². The molecule has 0 spiro atoms. The molecule has 0 fully saturated rings. The van der Waals surface area contributed by atoms with E-state index in [1.54, 1.807) is 11.9 Å². The first-order valence-corrected chi connectivity index (χ1v) is 4.13. The first-order valence-electron chi connectivity index (χ1n) is 2.95. The van der Waals surface area contributed by atoms with Gasteiger partial charge in [-0.3, -0.25) is 3.97 Å². The van der Waals surface area contributed by atoms with Crippen LogP contribution >= 0.6 is 11.9 Å². The Morgan fingerprint density at radius 2 is 1.67 bits per heavy atom. The summed E-state index contributed by atoms with van der Waals surface area (Å²) in [7, 11) is 0. The molecule has 9 heavy (non-hydrogen) atoms. The molecule has 2 heteroatoms. The molecule has 0 atom stereocenters. The Kier molecular flexibility index (Phi) is 1.86. The minimum atomic E-state index is 1.32. The molecule has 0 aliphatic rings. The number of hydrogen-bond donors (Lipinski definition) is 0. The highest BCUT2D eigenvalue weighted by atomic mass is 32.2. The van der Waals surface area contributed by atoms with E-state index in [1.807, 2.05) is 0 Å². The van der Waals surface area contributed by atoms with Gasteiger partial charge in [0.25, 0.3) is 0 Å². The Morgan fingerprint density at radius 3 is 1.89 bits per heavy atom. The second-order valence-electron chi connectivity index (χ2n) is 2.09. The number of hydrogen-bond acceptors (Lipinski definition) is 1. The van der Waals surface area contributed by atoms with Crippen LogP contribution in [0.3, 0.4) is 0 Å². The van der Waals surface area contributed by atoms with Gasteiger partial charge in [0.2, 0.25) is 0 Å². The van der Waals surface area contributed by atoms with Crippen LogP contribution in [0, 0.1) is 13.8 Å². The van der Waals surface area contributed by atoms with Crippen LogP contribution in [0.25, 0.3) is 0 Å². The van der Waals surface area contributed by atoms with Crippen molar-refractivity contribution in [2.45, 2.75) is 13.8 Å². The van der Waals surface area contributed by atoms with Crippen molar-refractivity contribution in [1.82, 2.24) is 3.97 Å². The summed E-state index contributed by atoms with van der Waals surface area (Å²) >= 11 is 1.75. The summed E-state index contributed by atoms with van der Waals surface area (Å²) in [4.78, 5) is 0. The zero-order valence-corrected chi connectivity index (χ0v) is 6.83. The summed E-state index contributed by atoms with van der Waals surface area (Å²) in [5.41, 5.74) is 2.64. The van der Waals surface area contributed by atoms with Crippen molar-refractivity contribution >= 4 is 11.9 Å². The fourth-order valence-corrected chi connectivity index (χ4v) is 1.64. The standard InChI is InChI=1S/C7H11NS/c1-6-4-5-7(2)8(6)9-3/h4-5H,1-3H3. The zero-order chi connectivity index (χ0) is 6.85. The molecule has 50 valence electrons. The molecule has 0 bridgehead atoms. The number of aromatic nitrogens is 1. The zero-order valence-electron chi connectivity index (χ0n) is 6.01. The second-order valence-corrected chi connectivity index (χ2v) is 2.82. The third kappa shape index (κ3) is 1.13. The lowest BCUT2D eigenvalue weighted by Crippen LogP contribution is -1.88. The highest BCUT2D eigenvalue weighted by molar-refractivity contribution is 7.97. The molecule has 1 aromatic heterocycles. The van der Waals surface area contributed by atoms with Crippen molar-refractivity contribution in [3.05, 3.63) is 23.5 Å². The van der Waals surface area contributed by atoms with E-state index >= 15 is 0 Å². The quantitative estimate of drug-likeness (QED) is 0.580. The Hall–Kier alpha value is -0.370. The predicted octanol–water partition coefficient (Wildman–Crippen LogP) is 2.23. The normalized spacial score (nSPS) is 10.1. The van der Waals surface area contributed by atoms with Crippen molar-refractivity contribution in [3.63, 3.8) is 0 Å². The van der Waals surface area contributed by atoms with Gasteiger partial charge in [-0.15, -0.1) is 0 Å². The smallest absolute Gasteiger partial charge is 0.0265 e. The van der Waals surface area contributed by atoms with Crippen LogP contribution in [-0.2, 0) is 0 Å². The van der Waals surface area contributed by atoms with Crippen molar-refractivity contribution in [2.75, 3.05) is 6.26 Å². The molecular weight excluding hydrogens is 130 g/mol. The van der Waals surface area contributed by atoms with Gasteiger partial charge in [0.05, 0.1) is 0 Å². The lowest BCUT2D eigenvalue weighted by Gasteiger charge is -2.01. The first-order chi connectivity index (χ1) is 4.25. The molecule has 0 N–H and O–H groups in total. The van der Waals surface area contributed by atoms with E-state index in [9.17, 15) is 0 Å². The number of aryl methyl sites for hydroxylation is 2. The molecule has 0 radical (unpaired) electrons. The summed E-state index contributed by atoms with van der Waals surface area (Å²) in [6, 6.07) is 4.26. The third-order valence-electron chi connectivity index (χ3n) is 1.39. The van der Waals surface area contributed by atoms with E-state index < -0.39 is 0 Å². The molecule has 0 aliphatic carbocycles. The Morgan fingerprint density at radius 1 is 1.22 bits per heavy atom. The summed E-state index contributed by atoms with van der Waals surface area (Å²) in [6.45, 7) is 4.23. The SMILES string of the molecule is CSn1c(C)ccc1C. The fourth-order valence-electron chi connectivity index (χ4n) is 0.943. The summed E-state index contributed by atoms with van der Waals surface area (Å²) < 4.78 is 2.21. The van der Waals surface area contributed by atoms with E-state index in [0.717, 1.165) is 0 Å². The van der Waals surface area contributed by atoms with Crippen molar-refractivity contribution < 1.29 is 0 Å². The Bertz CT molecular complexity index is 183. The van der Waals surface area contributed by atoms with Crippen LogP contribution < -0.4 is 0 Å². The van der Waals surface area contributed by atoms with Gasteiger partial charge in [-0.25, -0.2) is 0 Å². The maximum absolute atomic E-state index is 2.21. The molecule has 0 aliphatic heterocycles. The average Bonchev–Trinajstić information content (AvgIpc) is 2.12. The Labute approximate surface area is 60.2 Å². The topological polar surface area (TPSA) is 4.93 Å². The number of rotatable bonds is 1. The molecule has 1 nitrogen and oxygen atoms in total. The predicted molar refractivity (Wildman–Crippen MR) is 42.8 cm³/mol. The highest BCUT2D eigenvalue weighted by Gasteiger charge is 1.95. The maximum atomic E-state index is 2.21. The molecule has 0 aromatic carbocycles. The molecule has 1 aromatic rings. The molecule has 0 saturated carbocycles. The van der Waals surface area contributed by atoms with Gasteiger partial charge in [-0.2, -0.15) is 0 Å². The molecule has 1 heterocycles. The van der Waals surface area contributed by atoms with E-state index in [-0.39, 0.29) is 0 Å². The number of nitrogens with zero attached hydrogens (tertiary/aromatic N) is 1. The largest absolute Gasteiger partial charge is 0.294 e.